The molecule has 0 aliphatic carbocycles. The maximum atomic E-state index is 12.8. The van der Waals surface area contributed by atoms with Crippen molar-refractivity contribution in [3.8, 4) is 0 Å². The molecule has 0 saturated carbocycles. The van der Waals surface area contributed by atoms with Crippen LogP contribution in [0.1, 0.15) is 41.1 Å². The molecule has 0 radical (unpaired) electrons. The second-order valence-corrected chi connectivity index (χ2v) is 8.94. The Morgan fingerprint density at radius 1 is 1.03 bits per heavy atom. The number of anilines is 1. The van der Waals surface area contributed by atoms with Crippen LogP contribution >= 0.6 is 0 Å². The summed E-state index contributed by atoms with van der Waals surface area (Å²) < 4.78 is 32.8. The molecule has 154 valence electrons. The van der Waals surface area contributed by atoms with Gasteiger partial charge in [0.15, 0.2) is 5.76 Å². The number of nitrogens with one attached hydrogen (secondary N) is 1. The lowest BCUT2D eigenvalue weighted by Crippen LogP contribution is -2.30. The van der Waals surface area contributed by atoms with E-state index in [0.717, 1.165) is 16.8 Å². The van der Waals surface area contributed by atoms with Gasteiger partial charge >= 0.3 is 0 Å². The Bertz CT molecular complexity index is 1170. The van der Waals surface area contributed by atoms with E-state index in [1.54, 1.807) is 32.9 Å². The zero-order valence-corrected chi connectivity index (χ0v) is 18.2. The number of aryl methyl sites for hydroxylation is 2. The SMILES string of the molecule is CCN(CC)S(=O)(=O)c1ccc2oc(C(=O)Nc3cccc(C)c3C)c(C)c2c1. The number of hydrogen-bond donors (Lipinski definition) is 1. The molecule has 0 bridgehead atoms. The van der Waals surface area contributed by atoms with Gasteiger partial charge < -0.3 is 9.73 Å². The van der Waals surface area contributed by atoms with Crippen molar-refractivity contribution < 1.29 is 17.6 Å². The van der Waals surface area contributed by atoms with Crippen LogP contribution in [0.2, 0.25) is 0 Å². The Morgan fingerprint density at radius 3 is 2.38 bits per heavy atom. The number of amides is 1. The lowest BCUT2D eigenvalue weighted by Gasteiger charge is -2.18. The molecule has 3 aromatic rings. The van der Waals surface area contributed by atoms with Gasteiger partial charge in [0.25, 0.3) is 5.91 Å². The minimum absolute atomic E-state index is 0.179. The van der Waals surface area contributed by atoms with Crippen LogP contribution in [0.5, 0.6) is 0 Å². The van der Waals surface area contributed by atoms with E-state index in [1.165, 1.54) is 10.4 Å². The lowest BCUT2D eigenvalue weighted by atomic mass is 10.1. The molecular weight excluding hydrogens is 388 g/mol. The van der Waals surface area contributed by atoms with Crippen LogP contribution in [0.25, 0.3) is 11.0 Å². The first-order valence-corrected chi connectivity index (χ1v) is 11.1. The Balaban J connectivity index is 2.00. The highest BCUT2D eigenvalue weighted by Crippen LogP contribution is 2.30. The Hall–Kier alpha value is -2.64. The van der Waals surface area contributed by atoms with Gasteiger partial charge in [0.1, 0.15) is 5.58 Å². The fourth-order valence-electron chi connectivity index (χ4n) is 3.36. The Labute approximate surface area is 171 Å². The third-order valence-electron chi connectivity index (χ3n) is 5.31. The van der Waals surface area contributed by atoms with Crippen molar-refractivity contribution >= 4 is 32.6 Å². The second-order valence-electron chi connectivity index (χ2n) is 7.01. The number of hydrogen-bond acceptors (Lipinski definition) is 4. The van der Waals surface area contributed by atoms with Gasteiger partial charge in [-0.05, 0) is 56.2 Å². The molecule has 29 heavy (non-hydrogen) atoms. The monoisotopic (exact) mass is 414 g/mol. The van der Waals surface area contributed by atoms with Crippen LogP contribution in [0.4, 0.5) is 5.69 Å². The van der Waals surface area contributed by atoms with Gasteiger partial charge in [0, 0.05) is 29.7 Å². The highest BCUT2D eigenvalue weighted by molar-refractivity contribution is 7.89. The van der Waals surface area contributed by atoms with Crippen molar-refractivity contribution in [3.05, 3.63) is 58.8 Å². The largest absolute Gasteiger partial charge is 0.451 e. The van der Waals surface area contributed by atoms with Crippen LogP contribution in [-0.2, 0) is 10.0 Å². The number of rotatable bonds is 6. The summed E-state index contributed by atoms with van der Waals surface area (Å²) in [7, 11) is -3.59. The van der Waals surface area contributed by atoms with Crippen molar-refractivity contribution in [1.82, 2.24) is 4.31 Å². The van der Waals surface area contributed by atoms with Gasteiger partial charge in [-0.25, -0.2) is 8.42 Å². The van der Waals surface area contributed by atoms with Gasteiger partial charge in [0.05, 0.1) is 4.90 Å². The first kappa shape index (κ1) is 21.1. The molecule has 1 heterocycles. The first-order chi connectivity index (χ1) is 13.7. The van der Waals surface area contributed by atoms with E-state index >= 15 is 0 Å². The van der Waals surface area contributed by atoms with E-state index in [-0.39, 0.29) is 16.6 Å². The number of benzene rings is 2. The summed E-state index contributed by atoms with van der Waals surface area (Å²) in [5, 5.41) is 3.51. The number of carbonyl (C=O) groups excluding carboxylic acids is 1. The molecule has 2 aromatic carbocycles. The van der Waals surface area contributed by atoms with Gasteiger partial charge in [-0.1, -0.05) is 26.0 Å². The molecule has 0 saturated heterocycles. The normalized spacial score (nSPS) is 11.9. The standard InChI is InChI=1S/C22H26N2O4S/c1-6-24(7-2)29(26,27)17-11-12-20-18(13-17)16(5)21(28-20)22(25)23-19-10-8-9-14(3)15(19)4/h8-13H,6-7H2,1-5H3,(H,23,25). The molecule has 0 aliphatic heterocycles. The summed E-state index contributed by atoms with van der Waals surface area (Å²) in [5.74, 6) is -0.182. The fraction of sp³-hybridized carbons (Fsp3) is 0.318. The molecule has 1 aromatic heterocycles. The predicted octanol–water partition coefficient (Wildman–Crippen LogP) is 4.64. The van der Waals surface area contributed by atoms with Crippen LogP contribution in [-0.4, -0.2) is 31.7 Å². The second kappa shape index (κ2) is 8.00. The number of carbonyl (C=O) groups is 1. The van der Waals surface area contributed by atoms with Crippen LogP contribution in [0.3, 0.4) is 0 Å². The molecule has 0 atom stereocenters. The Kier molecular flexibility index (Phi) is 5.82. The third kappa shape index (κ3) is 3.80. The zero-order valence-electron chi connectivity index (χ0n) is 17.4. The van der Waals surface area contributed by atoms with E-state index in [4.69, 9.17) is 4.42 Å². The molecule has 6 nitrogen and oxygen atoms in total. The maximum Gasteiger partial charge on any atom is 0.291 e. The summed E-state index contributed by atoms with van der Waals surface area (Å²) in [4.78, 5) is 13.0. The minimum atomic E-state index is -3.59. The van der Waals surface area contributed by atoms with Crippen molar-refractivity contribution in [2.75, 3.05) is 18.4 Å². The summed E-state index contributed by atoms with van der Waals surface area (Å²) in [6.07, 6.45) is 0. The molecule has 0 aliphatic rings. The highest BCUT2D eigenvalue weighted by Gasteiger charge is 2.24. The van der Waals surface area contributed by atoms with E-state index in [2.05, 4.69) is 5.32 Å². The van der Waals surface area contributed by atoms with E-state index < -0.39 is 10.0 Å². The lowest BCUT2D eigenvalue weighted by molar-refractivity contribution is 0.0998. The van der Waals surface area contributed by atoms with Crippen LogP contribution < -0.4 is 5.32 Å². The number of nitrogens with zero attached hydrogens (tertiary/aromatic N) is 1. The highest BCUT2D eigenvalue weighted by atomic mass is 32.2. The number of sulfonamides is 1. The summed E-state index contributed by atoms with van der Waals surface area (Å²) in [6, 6.07) is 10.4. The average molecular weight is 415 g/mol. The fourth-order valence-corrected chi connectivity index (χ4v) is 4.84. The molecule has 7 heteroatoms. The van der Waals surface area contributed by atoms with Gasteiger partial charge in [-0.2, -0.15) is 4.31 Å². The number of fused-ring (bicyclic) bond motifs is 1. The summed E-state index contributed by atoms with van der Waals surface area (Å²) in [5.41, 5.74) is 3.88. The Morgan fingerprint density at radius 2 is 1.72 bits per heavy atom. The summed E-state index contributed by atoms with van der Waals surface area (Å²) in [6.45, 7) is 10.1. The quantitative estimate of drug-likeness (QED) is 0.637. The molecular formula is C22H26N2O4S. The minimum Gasteiger partial charge on any atom is -0.451 e. The zero-order chi connectivity index (χ0) is 21.3. The average Bonchev–Trinajstić information content (AvgIpc) is 3.02. The van der Waals surface area contributed by atoms with Crippen LogP contribution in [0, 0.1) is 20.8 Å². The smallest absolute Gasteiger partial charge is 0.291 e. The molecule has 0 spiro atoms. The van der Waals surface area contributed by atoms with Crippen molar-refractivity contribution in [2.24, 2.45) is 0 Å². The predicted molar refractivity (Wildman–Crippen MR) is 115 cm³/mol. The van der Waals surface area contributed by atoms with E-state index in [0.29, 0.717) is 29.6 Å². The topological polar surface area (TPSA) is 79.6 Å². The molecule has 0 unspecified atom stereocenters. The number of furan rings is 1. The van der Waals surface area contributed by atoms with Crippen molar-refractivity contribution in [3.63, 3.8) is 0 Å². The third-order valence-corrected chi connectivity index (χ3v) is 7.36. The molecule has 3 rings (SSSR count). The van der Waals surface area contributed by atoms with Gasteiger partial charge in [-0.15, -0.1) is 0 Å². The van der Waals surface area contributed by atoms with Crippen molar-refractivity contribution in [1.29, 1.82) is 0 Å². The first-order valence-electron chi connectivity index (χ1n) is 9.61. The van der Waals surface area contributed by atoms with E-state index in [9.17, 15) is 13.2 Å². The summed E-state index contributed by atoms with van der Waals surface area (Å²) >= 11 is 0. The van der Waals surface area contributed by atoms with Crippen LogP contribution in [0.15, 0.2) is 45.7 Å². The molecule has 0 fully saturated rings. The van der Waals surface area contributed by atoms with E-state index in [1.807, 2.05) is 32.0 Å². The maximum absolute atomic E-state index is 12.8. The van der Waals surface area contributed by atoms with Gasteiger partial charge in [-0.3, -0.25) is 4.79 Å². The van der Waals surface area contributed by atoms with Crippen molar-refractivity contribution in [2.45, 2.75) is 39.5 Å². The molecule has 1 amide bonds. The van der Waals surface area contributed by atoms with Gasteiger partial charge in [0.2, 0.25) is 10.0 Å². The molecule has 1 N–H and O–H groups in total.